The van der Waals surface area contributed by atoms with Crippen LogP contribution < -0.4 is 5.32 Å². The first-order chi connectivity index (χ1) is 8.42. The highest BCUT2D eigenvalue weighted by molar-refractivity contribution is 4.93. The third kappa shape index (κ3) is 3.01. The first-order valence-electron chi connectivity index (χ1n) is 7.34. The molecule has 3 rings (SSSR count). The fourth-order valence-electron chi connectivity index (χ4n) is 3.80. The van der Waals surface area contributed by atoms with Crippen LogP contribution in [0.4, 0.5) is 0 Å². The van der Waals surface area contributed by atoms with Crippen molar-refractivity contribution in [2.24, 2.45) is 11.8 Å². The van der Waals surface area contributed by atoms with Gasteiger partial charge < -0.3 is 14.8 Å². The van der Waals surface area contributed by atoms with Gasteiger partial charge in [-0.15, -0.1) is 0 Å². The van der Waals surface area contributed by atoms with Gasteiger partial charge >= 0.3 is 0 Å². The van der Waals surface area contributed by atoms with Crippen LogP contribution in [-0.4, -0.2) is 38.5 Å². The Hall–Kier alpha value is -0.120. The molecule has 1 saturated heterocycles. The predicted molar refractivity (Wildman–Crippen MR) is 67.0 cm³/mol. The van der Waals surface area contributed by atoms with Gasteiger partial charge in [0.1, 0.15) is 0 Å². The van der Waals surface area contributed by atoms with Crippen LogP contribution in [0.25, 0.3) is 0 Å². The topological polar surface area (TPSA) is 30.5 Å². The normalized spacial score (nSPS) is 40.2. The number of ether oxygens (including phenoxy) is 2. The summed E-state index contributed by atoms with van der Waals surface area (Å²) in [5.41, 5.74) is 0. The average Bonchev–Trinajstić information content (AvgIpc) is 3.05. The van der Waals surface area contributed by atoms with Gasteiger partial charge in [0.15, 0.2) is 0 Å². The standard InChI is InChI=1S/C14H25NO2/c1-2-13(17-6-1)10-16-7-5-15-14-9-11-3-4-12(14)8-11/h11-15H,1-10H2/t11-,12-,13-,14-/m0/s1. The van der Waals surface area contributed by atoms with Gasteiger partial charge in [0.25, 0.3) is 0 Å². The number of hydrogen-bond acceptors (Lipinski definition) is 3. The van der Waals surface area contributed by atoms with Gasteiger partial charge in [-0.2, -0.15) is 0 Å². The van der Waals surface area contributed by atoms with Crippen LogP contribution in [0.5, 0.6) is 0 Å². The largest absolute Gasteiger partial charge is 0.377 e. The van der Waals surface area contributed by atoms with E-state index in [2.05, 4.69) is 5.32 Å². The van der Waals surface area contributed by atoms with Gasteiger partial charge in [0.2, 0.25) is 0 Å². The molecule has 1 aliphatic heterocycles. The van der Waals surface area contributed by atoms with Crippen molar-refractivity contribution in [3.63, 3.8) is 0 Å². The molecule has 4 atom stereocenters. The second kappa shape index (κ2) is 5.68. The highest BCUT2D eigenvalue weighted by atomic mass is 16.5. The highest BCUT2D eigenvalue weighted by Gasteiger charge is 2.38. The highest BCUT2D eigenvalue weighted by Crippen LogP contribution is 2.44. The molecule has 0 radical (unpaired) electrons. The van der Waals surface area contributed by atoms with Crippen molar-refractivity contribution in [1.29, 1.82) is 0 Å². The second-order valence-electron chi connectivity index (χ2n) is 5.95. The smallest absolute Gasteiger partial charge is 0.0809 e. The molecule has 2 bridgehead atoms. The summed E-state index contributed by atoms with van der Waals surface area (Å²) in [4.78, 5) is 0. The zero-order valence-corrected chi connectivity index (χ0v) is 10.7. The van der Waals surface area contributed by atoms with E-state index >= 15 is 0 Å². The van der Waals surface area contributed by atoms with Crippen LogP contribution >= 0.6 is 0 Å². The molecule has 0 aromatic carbocycles. The molecule has 0 unspecified atom stereocenters. The molecule has 0 aromatic rings. The van der Waals surface area contributed by atoms with Gasteiger partial charge in [0, 0.05) is 19.2 Å². The third-order valence-electron chi connectivity index (χ3n) is 4.72. The van der Waals surface area contributed by atoms with Crippen molar-refractivity contribution in [1.82, 2.24) is 5.32 Å². The summed E-state index contributed by atoms with van der Waals surface area (Å²) in [5.74, 6) is 2.00. The fourth-order valence-corrected chi connectivity index (χ4v) is 3.80. The van der Waals surface area contributed by atoms with Crippen LogP contribution in [0.1, 0.15) is 38.5 Å². The lowest BCUT2D eigenvalue weighted by molar-refractivity contribution is 0.0175. The SMILES string of the molecule is C1CO[C@H](COCCN[C@H]2C[C@H]3CC[C@H]2C3)C1. The molecule has 2 aliphatic carbocycles. The summed E-state index contributed by atoms with van der Waals surface area (Å²) in [6, 6.07) is 0.792. The molecule has 3 heteroatoms. The van der Waals surface area contributed by atoms with Gasteiger partial charge in [-0.1, -0.05) is 6.42 Å². The Kier molecular flexibility index (Phi) is 3.99. The summed E-state index contributed by atoms with van der Waals surface area (Å²) < 4.78 is 11.2. The van der Waals surface area contributed by atoms with E-state index < -0.39 is 0 Å². The molecule has 1 heterocycles. The van der Waals surface area contributed by atoms with Crippen molar-refractivity contribution in [2.45, 2.75) is 50.7 Å². The summed E-state index contributed by atoms with van der Waals surface area (Å²) in [6.07, 6.45) is 8.59. The molecule has 3 nitrogen and oxygen atoms in total. The van der Waals surface area contributed by atoms with Gasteiger partial charge in [-0.05, 0) is 43.9 Å². The third-order valence-corrected chi connectivity index (χ3v) is 4.72. The molecule has 1 N–H and O–H groups in total. The van der Waals surface area contributed by atoms with Crippen LogP contribution in [0, 0.1) is 11.8 Å². The van der Waals surface area contributed by atoms with Crippen LogP contribution in [0.15, 0.2) is 0 Å². The first kappa shape index (κ1) is 11.9. The van der Waals surface area contributed by atoms with E-state index in [0.29, 0.717) is 6.10 Å². The van der Waals surface area contributed by atoms with E-state index in [4.69, 9.17) is 9.47 Å². The minimum atomic E-state index is 0.373. The first-order valence-corrected chi connectivity index (χ1v) is 7.34. The molecule has 3 fully saturated rings. The quantitative estimate of drug-likeness (QED) is 0.719. The monoisotopic (exact) mass is 239 g/mol. The minimum absolute atomic E-state index is 0.373. The van der Waals surface area contributed by atoms with E-state index in [1.165, 1.54) is 38.5 Å². The van der Waals surface area contributed by atoms with Crippen molar-refractivity contribution in [3.05, 3.63) is 0 Å². The van der Waals surface area contributed by atoms with Gasteiger partial charge in [-0.3, -0.25) is 0 Å². The van der Waals surface area contributed by atoms with E-state index in [1.807, 2.05) is 0 Å². The van der Waals surface area contributed by atoms with E-state index in [-0.39, 0.29) is 0 Å². The molecule has 2 saturated carbocycles. The fraction of sp³-hybridized carbons (Fsp3) is 1.00. The zero-order valence-electron chi connectivity index (χ0n) is 10.7. The van der Waals surface area contributed by atoms with Crippen LogP contribution in [0.3, 0.4) is 0 Å². The van der Waals surface area contributed by atoms with Crippen LogP contribution in [-0.2, 0) is 9.47 Å². The van der Waals surface area contributed by atoms with Gasteiger partial charge in [-0.25, -0.2) is 0 Å². The van der Waals surface area contributed by atoms with Crippen LogP contribution in [0.2, 0.25) is 0 Å². The number of rotatable bonds is 6. The Labute approximate surface area is 104 Å². The average molecular weight is 239 g/mol. The zero-order chi connectivity index (χ0) is 11.5. The van der Waals surface area contributed by atoms with Gasteiger partial charge in [0.05, 0.1) is 19.3 Å². The Bertz CT molecular complexity index is 240. The maximum absolute atomic E-state index is 5.67. The summed E-state index contributed by atoms with van der Waals surface area (Å²) in [5, 5.41) is 3.67. The Morgan fingerprint density at radius 2 is 2.18 bits per heavy atom. The Balaban J connectivity index is 1.23. The number of fused-ring (bicyclic) bond motifs is 2. The summed E-state index contributed by atoms with van der Waals surface area (Å²) in [7, 11) is 0. The maximum Gasteiger partial charge on any atom is 0.0809 e. The Morgan fingerprint density at radius 1 is 1.18 bits per heavy atom. The molecular formula is C14H25NO2. The summed E-state index contributed by atoms with van der Waals surface area (Å²) >= 11 is 0. The van der Waals surface area contributed by atoms with Crippen molar-refractivity contribution >= 4 is 0 Å². The number of nitrogens with one attached hydrogen (secondary N) is 1. The lowest BCUT2D eigenvalue weighted by Gasteiger charge is -2.23. The molecule has 3 aliphatic rings. The van der Waals surface area contributed by atoms with E-state index in [0.717, 1.165) is 44.2 Å². The molecule has 0 aromatic heterocycles. The molecule has 17 heavy (non-hydrogen) atoms. The van der Waals surface area contributed by atoms with E-state index in [1.54, 1.807) is 0 Å². The molecule has 0 amide bonds. The van der Waals surface area contributed by atoms with Crippen molar-refractivity contribution in [3.8, 4) is 0 Å². The molecular weight excluding hydrogens is 214 g/mol. The molecule has 98 valence electrons. The van der Waals surface area contributed by atoms with Crippen molar-refractivity contribution in [2.75, 3.05) is 26.4 Å². The van der Waals surface area contributed by atoms with E-state index in [9.17, 15) is 0 Å². The summed E-state index contributed by atoms with van der Waals surface area (Å²) in [6.45, 7) is 3.57. The lowest BCUT2D eigenvalue weighted by Crippen LogP contribution is -2.36. The lowest BCUT2D eigenvalue weighted by atomic mass is 9.95. The predicted octanol–water partition coefficient (Wildman–Crippen LogP) is 1.96. The second-order valence-corrected chi connectivity index (χ2v) is 5.95. The minimum Gasteiger partial charge on any atom is -0.377 e. The Morgan fingerprint density at radius 3 is 2.88 bits per heavy atom. The van der Waals surface area contributed by atoms with Crippen molar-refractivity contribution < 1.29 is 9.47 Å². The maximum atomic E-state index is 5.67. The number of hydrogen-bond donors (Lipinski definition) is 1. The molecule has 0 spiro atoms.